The first kappa shape index (κ1) is 19.0. The summed E-state index contributed by atoms with van der Waals surface area (Å²) < 4.78 is 27.0. The van der Waals surface area contributed by atoms with Crippen LogP contribution in [0.15, 0.2) is 34.1 Å². The Kier molecular flexibility index (Phi) is 6.59. The molecule has 1 aromatic heterocycles. The van der Waals surface area contributed by atoms with Crippen molar-refractivity contribution in [1.29, 1.82) is 0 Å². The van der Waals surface area contributed by atoms with Crippen LogP contribution in [0.2, 0.25) is 0 Å². The Balaban J connectivity index is 1.73. The molecule has 2 rings (SSSR count). The maximum Gasteiger partial charge on any atom is 0.279 e. The van der Waals surface area contributed by atoms with Gasteiger partial charge in [-0.2, -0.15) is 0 Å². The number of benzene rings is 1. The summed E-state index contributed by atoms with van der Waals surface area (Å²) in [6.45, 7) is -0.0814. The fourth-order valence-electron chi connectivity index (χ4n) is 1.75. The molecule has 25 heavy (non-hydrogen) atoms. The number of hydrazine groups is 1. The molecule has 0 aliphatic rings. The number of carbonyl (C=O) groups is 3. The molecule has 0 bridgehead atoms. The van der Waals surface area contributed by atoms with E-state index in [0.717, 1.165) is 15.9 Å². The zero-order chi connectivity index (χ0) is 18.4. The van der Waals surface area contributed by atoms with Gasteiger partial charge >= 0.3 is 0 Å². The molecular weight excluding hydrogens is 420 g/mol. The minimum atomic E-state index is -0.990. The lowest BCUT2D eigenvalue weighted by molar-refractivity contribution is -0.121. The Morgan fingerprint density at radius 2 is 1.80 bits per heavy atom. The summed E-state index contributed by atoms with van der Waals surface area (Å²) in [5.41, 5.74) is 4.11. The molecule has 2 aromatic rings. The van der Waals surface area contributed by atoms with Gasteiger partial charge in [-0.05, 0) is 40.2 Å². The molecule has 10 heteroatoms. The second kappa shape index (κ2) is 8.67. The summed E-state index contributed by atoms with van der Waals surface area (Å²) in [6.07, 6.45) is -0.136. The minimum Gasteiger partial charge on any atom is -0.351 e. The van der Waals surface area contributed by atoms with E-state index in [-0.39, 0.29) is 18.5 Å². The zero-order valence-corrected chi connectivity index (χ0v) is 15.0. The summed E-state index contributed by atoms with van der Waals surface area (Å²) in [7, 11) is 0. The minimum absolute atomic E-state index is 0.0814. The molecule has 1 aromatic carbocycles. The molecular formula is C15H12BrF2N3O3S. The van der Waals surface area contributed by atoms with E-state index < -0.39 is 29.4 Å². The molecule has 3 amide bonds. The summed E-state index contributed by atoms with van der Waals surface area (Å²) in [4.78, 5) is 35.5. The van der Waals surface area contributed by atoms with Gasteiger partial charge < -0.3 is 5.32 Å². The lowest BCUT2D eigenvalue weighted by Crippen LogP contribution is -2.42. The van der Waals surface area contributed by atoms with Crippen LogP contribution in [0.5, 0.6) is 0 Å². The van der Waals surface area contributed by atoms with Gasteiger partial charge in [0.15, 0.2) is 0 Å². The highest BCUT2D eigenvalue weighted by atomic mass is 79.9. The second-order valence-electron chi connectivity index (χ2n) is 4.74. The quantitative estimate of drug-likeness (QED) is 0.635. The Hall–Kier alpha value is -2.33. The van der Waals surface area contributed by atoms with Gasteiger partial charge in [-0.25, -0.2) is 8.78 Å². The molecule has 0 atom stereocenters. The van der Waals surface area contributed by atoms with E-state index in [0.29, 0.717) is 10.9 Å². The molecule has 3 N–H and O–H groups in total. The zero-order valence-electron chi connectivity index (χ0n) is 12.6. The summed E-state index contributed by atoms with van der Waals surface area (Å²) in [5.74, 6) is -3.55. The van der Waals surface area contributed by atoms with E-state index >= 15 is 0 Å². The van der Waals surface area contributed by atoms with Crippen LogP contribution in [0.3, 0.4) is 0 Å². The molecule has 0 saturated carbocycles. The largest absolute Gasteiger partial charge is 0.351 e. The Labute approximate surface area is 153 Å². The molecule has 1 heterocycles. The van der Waals surface area contributed by atoms with Crippen LogP contribution < -0.4 is 16.2 Å². The van der Waals surface area contributed by atoms with Crippen molar-refractivity contribution in [2.24, 2.45) is 0 Å². The summed E-state index contributed by atoms with van der Waals surface area (Å²) in [5, 5.41) is 2.33. The number of amides is 3. The number of halogens is 3. The SMILES string of the molecule is O=C(CCNC(=O)c1ccc(F)cc1F)NNC(=O)c1ccc(Br)s1. The number of thiophene rings is 1. The molecule has 0 spiro atoms. The van der Waals surface area contributed by atoms with E-state index in [4.69, 9.17) is 0 Å². The normalized spacial score (nSPS) is 10.2. The molecule has 132 valence electrons. The maximum absolute atomic E-state index is 13.4. The van der Waals surface area contributed by atoms with Gasteiger partial charge in [-0.15, -0.1) is 11.3 Å². The van der Waals surface area contributed by atoms with Gasteiger partial charge in [-0.3, -0.25) is 25.2 Å². The van der Waals surface area contributed by atoms with Crippen molar-refractivity contribution in [1.82, 2.24) is 16.2 Å². The van der Waals surface area contributed by atoms with Gasteiger partial charge in [-0.1, -0.05) is 0 Å². The van der Waals surface area contributed by atoms with Crippen molar-refractivity contribution in [2.75, 3.05) is 6.54 Å². The van der Waals surface area contributed by atoms with Crippen molar-refractivity contribution in [3.8, 4) is 0 Å². The Bertz CT molecular complexity index is 813. The molecule has 0 unspecified atom stereocenters. The summed E-state index contributed by atoms with van der Waals surface area (Å²) in [6, 6.07) is 5.86. The molecule has 0 fully saturated rings. The maximum atomic E-state index is 13.4. The Morgan fingerprint density at radius 1 is 1.04 bits per heavy atom. The third-order valence-corrected chi connectivity index (χ3v) is 4.55. The van der Waals surface area contributed by atoms with Gasteiger partial charge in [0.05, 0.1) is 14.2 Å². The lowest BCUT2D eigenvalue weighted by Gasteiger charge is -2.08. The lowest BCUT2D eigenvalue weighted by atomic mass is 10.2. The highest BCUT2D eigenvalue weighted by molar-refractivity contribution is 9.11. The van der Waals surface area contributed by atoms with Crippen LogP contribution in [-0.2, 0) is 4.79 Å². The predicted molar refractivity (Wildman–Crippen MR) is 90.9 cm³/mol. The van der Waals surface area contributed by atoms with Crippen LogP contribution in [0.1, 0.15) is 26.5 Å². The first-order chi connectivity index (χ1) is 11.9. The van der Waals surface area contributed by atoms with Crippen LogP contribution in [0.25, 0.3) is 0 Å². The first-order valence-corrected chi connectivity index (χ1v) is 8.55. The number of nitrogens with one attached hydrogen (secondary N) is 3. The number of rotatable bonds is 5. The van der Waals surface area contributed by atoms with Gasteiger partial charge in [0.2, 0.25) is 5.91 Å². The van der Waals surface area contributed by atoms with E-state index in [1.54, 1.807) is 12.1 Å². The molecule has 0 radical (unpaired) electrons. The number of carbonyl (C=O) groups excluding carboxylic acids is 3. The monoisotopic (exact) mass is 431 g/mol. The van der Waals surface area contributed by atoms with E-state index in [1.807, 2.05) is 0 Å². The van der Waals surface area contributed by atoms with Crippen LogP contribution >= 0.6 is 27.3 Å². The van der Waals surface area contributed by atoms with Crippen molar-refractivity contribution in [2.45, 2.75) is 6.42 Å². The highest BCUT2D eigenvalue weighted by Gasteiger charge is 2.13. The average Bonchev–Trinajstić information content (AvgIpc) is 2.99. The van der Waals surface area contributed by atoms with E-state index in [1.165, 1.54) is 11.3 Å². The van der Waals surface area contributed by atoms with Crippen LogP contribution in [-0.4, -0.2) is 24.3 Å². The smallest absolute Gasteiger partial charge is 0.279 e. The number of hydrogen-bond acceptors (Lipinski definition) is 4. The summed E-state index contributed by atoms with van der Waals surface area (Å²) >= 11 is 4.42. The Morgan fingerprint density at radius 3 is 2.44 bits per heavy atom. The first-order valence-electron chi connectivity index (χ1n) is 6.94. The fraction of sp³-hybridized carbons (Fsp3) is 0.133. The number of hydrogen-bond donors (Lipinski definition) is 3. The van der Waals surface area contributed by atoms with Gasteiger partial charge in [0, 0.05) is 19.0 Å². The van der Waals surface area contributed by atoms with E-state index in [9.17, 15) is 23.2 Å². The second-order valence-corrected chi connectivity index (χ2v) is 7.20. The predicted octanol–water partition coefficient (Wildman–Crippen LogP) is 2.37. The third kappa shape index (κ3) is 5.61. The van der Waals surface area contributed by atoms with Crippen molar-refractivity contribution < 1.29 is 23.2 Å². The fourth-order valence-corrected chi connectivity index (χ4v) is 3.03. The van der Waals surface area contributed by atoms with E-state index in [2.05, 4.69) is 32.1 Å². The van der Waals surface area contributed by atoms with Crippen molar-refractivity contribution in [3.05, 3.63) is 56.2 Å². The molecule has 0 aliphatic heterocycles. The van der Waals surface area contributed by atoms with Crippen LogP contribution in [0.4, 0.5) is 8.78 Å². The average molecular weight is 432 g/mol. The molecule has 6 nitrogen and oxygen atoms in total. The topological polar surface area (TPSA) is 87.3 Å². The van der Waals surface area contributed by atoms with Gasteiger partial charge in [0.1, 0.15) is 11.6 Å². The van der Waals surface area contributed by atoms with Crippen LogP contribution in [0, 0.1) is 11.6 Å². The van der Waals surface area contributed by atoms with Crippen molar-refractivity contribution in [3.63, 3.8) is 0 Å². The standard InChI is InChI=1S/C15H12BrF2N3O3S/c16-12-4-3-11(25-12)15(24)21-20-13(22)5-6-19-14(23)9-2-1-8(17)7-10(9)18/h1-4,7H,5-6H2,(H,19,23)(H,20,22)(H,21,24). The molecule has 0 aliphatic carbocycles. The van der Waals surface area contributed by atoms with Crippen molar-refractivity contribution >= 4 is 45.0 Å². The molecule has 0 saturated heterocycles. The third-order valence-electron chi connectivity index (χ3n) is 2.93. The van der Waals surface area contributed by atoms with Gasteiger partial charge in [0.25, 0.3) is 11.8 Å². The highest BCUT2D eigenvalue weighted by Crippen LogP contribution is 2.21.